The Hall–Kier alpha value is -2.11. The van der Waals surface area contributed by atoms with Gasteiger partial charge in [-0.3, -0.25) is 4.79 Å². The number of hydrogen-bond donors (Lipinski definition) is 2. The molecule has 1 heterocycles. The minimum absolute atomic E-state index is 0.114. The summed E-state index contributed by atoms with van der Waals surface area (Å²) < 4.78 is 1.55. The summed E-state index contributed by atoms with van der Waals surface area (Å²) in [4.78, 5) is 13.3. The lowest BCUT2D eigenvalue weighted by molar-refractivity contribution is -0.828. The molecule has 33 heavy (non-hydrogen) atoms. The molecule has 1 aromatic heterocycles. The largest absolute Gasteiger partial charge is 0.872 e. The smallest absolute Gasteiger partial charge is 0.250 e. The second kappa shape index (κ2) is 13.0. The van der Waals surface area contributed by atoms with Crippen molar-refractivity contribution < 1.29 is 14.8 Å². The van der Waals surface area contributed by atoms with Crippen molar-refractivity contribution in [1.29, 1.82) is 0 Å². The van der Waals surface area contributed by atoms with Gasteiger partial charge in [0.05, 0.1) is 25.1 Å². The normalized spacial score (nSPS) is 11.4. The van der Waals surface area contributed by atoms with Gasteiger partial charge in [-0.05, 0) is 55.3 Å². The van der Waals surface area contributed by atoms with E-state index in [1.54, 1.807) is 23.9 Å². The van der Waals surface area contributed by atoms with Crippen molar-refractivity contribution in [3.8, 4) is 5.75 Å². The first kappa shape index (κ1) is 25.5. The number of thioether (sulfide) groups is 2. The zero-order valence-corrected chi connectivity index (χ0v) is 21.4. The minimum atomic E-state index is -0.279. The van der Waals surface area contributed by atoms with E-state index in [9.17, 15) is 9.90 Å². The lowest BCUT2D eigenvalue weighted by Crippen LogP contribution is -3.06. The average Bonchev–Trinajstić information content (AvgIpc) is 3.27. The van der Waals surface area contributed by atoms with Gasteiger partial charge in [-0.2, -0.15) is 5.10 Å². The number of rotatable bonds is 11. The van der Waals surface area contributed by atoms with Crippen molar-refractivity contribution in [2.24, 2.45) is 5.10 Å². The number of amides is 1. The van der Waals surface area contributed by atoms with E-state index in [1.165, 1.54) is 34.2 Å². The summed E-state index contributed by atoms with van der Waals surface area (Å²) in [6.07, 6.45) is 1.38. The first-order chi connectivity index (χ1) is 16.0. The Morgan fingerprint density at radius 3 is 2.52 bits per heavy atom. The molecule has 0 aliphatic rings. The number of aromatic nitrogens is 2. The Labute approximate surface area is 210 Å². The third kappa shape index (κ3) is 8.01. The van der Waals surface area contributed by atoms with Crippen LogP contribution in [-0.4, -0.2) is 41.2 Å². The molecule has 1 amide bonds. The molecule has 2 N–H and O–H groups in total. The van der Waals surface area contributed by atoms with Crippen LogP contribution in [0, 0.1) is 0 Å². The van der Waals surface area contributed by atoms with Gasteiger partial charge in [-0.1, -0.05) is 64.3 Å². The first-order valence-electron chi connectivity index (χ1n) is 10.3. The van der Waals surface area contributed by atoms with Gasteiger partial charge >= 0.3 is 0 Å². The Bertz CT molecular complexity index is 1090. The number of hydrazone groups is 1. The number of carbonyl (C=O) groups is 1. The second-order valence-corrected chi connectivity index (χ2v) is 10.8. The highest BCUT2D eigenvalue weighted by Gasteiger charge is 2.09. The number of benzene rings is 2. The van der Waals surface area contributed by atoms with Crippen LogP contribution in [-0.2, 0) is 10.5 Å². The number of quaternary nitrogens is 1. The molecule has 0 saturated carbocycles. The van der Waals surface area contributed by atoms with Crippen LogP contribution in [0.4, 0.5) is 5.69 Å². The van der Waals surface area contributed by atoms with Gasteiger partial charge in [0.25, 0.3) is 5.91 Å². The van der Waals surface area contributed by atoms with Crippen molar-refractivity contribution in [2.75, 3.05) is 18.8 Å². The van der Waals surface area contributed by atoms with Crippen LogP contribution in [0.5, 0.6) is 5.75 Å². The molecular weight excluding hydrogens is 498 g/mol. The predicted molar refractivity (Wildman–Crippen MR) is 135 cm³/mol. The fraction of sp³-hybridized carbons (Fsp3) is 0.273. The Morgan fingerprint density at radius 2 is 1.85 bits per heavy atom. The fourth-order valence-electron chi connectivity index (χ4n) is 2.89. The Morgan fingerprint density at radius 1 is 1.15 bits per heavy atom. The fourth-order valence-corrected chi connectivity index (χ4v) is 5.79. The van der Waals surface area contributed by atoms with Crippen molar-refractivity contribution in [1.82, 2.24) is 15.6 Å². The van der Waals surface area contributed by atoms with E-state index in [1.807, 2.05) is 30.3 Å². The molecule has 3 rings (SSSR count). The SMILES string of the molecule is CC[NH+](CC)c1ccc(C=NNC(=O)CSc2nnc(SCc3ccc(Cl)cc3)s2)c([O-])c1. The van der Waals surface area contributed by atoms with Gasteiger partial charge in [0.15, 0.2) is 8.68 Å². The lowest BCUT2D eigenvalue weighted by atomic mass is 10.2. The molecule has 174 valence electrons. The maximum atomic E-state index is 12.3. The molecule has 11 heteroatoms. The van der Waals surface area contributed by atoms with Crippen LogP contribution in [0.25, 0.3) is 0 Å². The molecule has 0 saturated heterocycles. The predicted octanol–water partition coefficient (Wildman–Crippen LogP) is 3.36. The molecule has 0 aliphatic heterocycles. The molecule has 0 aliphatic carbocycles. The van der Waals surface area contributed by atoms with Crippen LogP contribution >= 0.6 is 46.5 Å². The molecule has 0 radical (unpaired) electrons. The molecule has 0 unspecified atom stereocenters. The first-order valence-corrected chi connectivity index (χ1v) is 13.5. The van der Waals surface area contributed by atoms with Crippen molar-refractivity contribution in [2.45, 2.75) is 28.3 Å². The molecule has 0 atom stereocenters. The monoisotopic (exact) mass is 521 g/mol. The highest BCUT2D eigenvalue weighted by Crippen LogP contribution is 2.30. The number of carbonyl (C=O) groups excluding carboxylic acids is 1. The summed E-state index contributed by atoms with van der Waals surface area (Å²) in [6, 6.07) is 13.0. The second-order valence-electron chi connectivity index (χ2n) is 6.89. The zero-order chi connectivity index (χ0) is 23.6. The van der Waals surface area contributed by atoms with E-state index in [2.05, 4.69) is 34.6 Å². The van der Waals surface area contributed by atoms with Crippen LogP contribution in [0.3, 0.4) is 0 Å². The maximum absolute atomic E-state index is 12.3. The summed E-state index contributed by atoms with van der Waals surface area (Å²) >= 11 is 10.2. The molecular formula is C22H24ClN5O2S3. The van der Waals surface area contributed by atoms with Gasteiger partial charge in [0.1, 0.15) is 5.69 Å². The average molecular weight is 522 g/mol. The van der Waals surface area contributed by atoms with E-state index in [0.717, 1.165) is 34.4 Å². The minimum Gasteiger partial charge on any atom is -0.872 e. The maximum Gasteiger partial charge on any atom is 0.250 e. The van der Waals surface area contributed by atoms with Crippen LogP contribution in [0.15, 0.2) is 56.2 Å². The van der Waals surface area contributed by atoms with E-state index in [0.29, 0.717) is 14.9 Å². The van der Waals surface area contributed by atoms with Gasteiger partial charge in [0.2, 0.25) is 0 Å². The molecule has 2 aromatic carbocycles. The van der Waals surface area contributed by atoms with Crippen LogP contribution in [0.1, 0.15) is 25.0 Å². The van der Waals surface area contributed by atoms with Gasteiger partial charge < -0.3 is 10.0 Å². The molecule has 0 fully saturated rings. The van der Waals surface area contributed by atoms with E-state index in [4.69, 9.17) is 11.6 Å². The third-order valence-electron chi connectivity index (χ3n) is 4.66. The topological polar surface area (TPSA) is 94.7 Å². The quantitative estimate of drug-likeness (QED) is 0.228. The summed E-state index contributed by atoms with van der Waals surface area (Å²) in [7, 11) is 0. The Balaban J connectivity index is 1.43. The molecule has 7 nitrogen and oxygen atoms in total. The highest BCUT2D eigenvalue weighted by molar-refractivity contribution is 8.03. The highest BCUT2D eigenvalue weighted by atomic mass is 35.5. The number of halogens is 1. The number of nitrogens with one attached hydrogen (secondary N) is 2. The van der Waals surface area contributed by atoms with E-state index >= 15 is 0 Å². The van der Waals surface area contributed by atoms with Gasteiger partial charge in [-0.15, -0.1) is 10.2 Å². The van der Waals surface area contributed by atoms with Crippen molar-refractivity contribution >= 4 is 64.3 Å². The number of hydrogen-bond acceptors (Lipinski definition) is 8. The summed E-state index contributed by atoms with van der Waals surface area (Å²) in [5.74, 6) is 0.530. The molecule has 0 bridgehead atoms. The summed E-state index contributed by atoms with van der Waals surface area (Å²) in [5.41, 5.74) is 5.00. The van der Waals surface area contributed by atoms with Gasteiger partial charge in [-0.25, -0.2) is 5.43 Å². The number of nitrogens with zero attached hydrogens (tertiary/aromatic N) is 3. The van der Waals surface area contributed by atoms with Gasteiger partial charge in [0, 0.05) is 10.8 Å². The van der Waals surface area contributed by atoms with Crippen LogP contribution in [0.2, 0.25) is 5.02 Å². The summed E-state index contributed by atoms with van der Waals surface area (Å²) in [5, 5.41) is 25.2. The molecule has 3 aromatic rings. The van der Waals surface area contributed by atoms with Crippen molar-refractivity contribution in [3.05, 3.63) is 58.6 Å². The summed E-state index contributed by atoms with van der Waals surface area (Å²) in [6.45, 7) is 5.98. The Kier molecular flexibility index (Phi) is 10.0. The van der Waals surface area contributed by atoms with Crippen molar-refractivity contribution in [3.63, 3.8) is 0 Å². The van der Waals surface area contributed by atoms with E-state index < -0.39 is 0 Å². The zero-order valence-electron chi connectivity index (χ0n) is 18.2. The van der Waals surface area contributed by atoms with Crippen LogP contribution < -0.4 is 15.4 Å². The third-order valence-corrected chi connectivity index (χ3v) is 8.17. The lowest BCUT2D eigenvalue weighted by Gasteiger charge is -2.18. The van der Waals surface area contributed by atoms with E-state index in [-0.39, 0.29) is 17.4 Å². The molecule has 0 spiro atoms. The standard InChI is InChI=1S/C22H24ClN5O2S3/c1-3-28(4-2)18-10-7-16(19(29)11-18)12-24-25-20(30)14-32-22-27-26-21(33-22)31-13-15-5-8-17(23)9-6-15/h5-12,29H,3-4,13-14H2,1-2H3,(H,25,30).